The summed E-state index contributed by atoms with van der Waals surface area (Å²) in [5, 5.41) is 4.60. The minimum atomic E-state index is -1.03. The van der Waals surface area contributed by atoms with Crippen molar-refractivity contribution in [2.75, 3.05) is 7.11 Å². The SMILES string of the molecule is COC(=O)[C@@]1(c2cccc(F)c2C)Cc2nn(C)c(-c3ccc(F)cc3)c2C1. The molecule has 0 unspecified atom stereocenters. The number of benzene rings is 2. The lowest BCUT2D eigenvalue weighted by atomic mass is 9.75. The summed E-state index contributed by atoms with van der Waals surface area (Å²) >= 11 is 0. The molecule has 6 heteroatoms. The van der Waals surface area contributed by atoms with Crippen molar-refractivity contribution in [3.63, 3.8) is 0 Å². The Morgan fingerprint density at radius 1 is 1.14 bits per heavy atom. The second-order valence-corrected chi connectivity index (χ2v) is 7.24. The topological polar surface area (TPSA) is 44.1 Å². The smallest absolute Gasteiger partial charge is 0.317 e. The summed E-state index contributed by atoms with van der Waals surface area (Å²) in [7, 11) is 3.17. The number of carbonyl (C=O) groups is 1. The molecule has 1 aliphatic carbocycles. The summed E-state index contributed by atoms with van der Waals surface area (Å²) in [5.74, 6) is -1.08. The first-order chi connectivity index (χ1) is 13.4. The monoisotopic (exact) mass is 382 g/mol. The van der Waals surface area contributed by atoms with E-state index in [9.17, 15) is 13.6 Å². The molecular formula is C22H20F2N2O2. The van der Waals surface area contributed by atoms with Crippen LogP contribution in [0.4, 0.5) is 8.78 Å². The number of halogens is 2. The van der Waals surface area contributed by atoms with Gasteiger partial charge in [0.1, 0.15) is 17.0 Å². The lowest BCUT2D eigenvalue weighted by molar-refractivity contribution is -0.147. The molecule has 0 radical (unpaired) electrons. The molecule has 28 heavy (non-hydrogen) atoms. The molecule has 4 rings (SSSR count). The van der Waals surface area contributed by atoms with Gasteiger partial charge in [-0.1, -0.05) is 12.1 Å². The van der Waals surface area contributed by atoms with Crippen molar-refractivity contribution in [3.05, 3.63) is 76.5 Å². The van der Waals surface area contributed by atoms with E-state index in [-0.39, 0.29) is 11.6 Å². The van der Waals surface area contributed by atoms with Crippen LogP contribution < -0.4 is 0 Å². The first-order valence-electron chi connectivity index (χ1n) is 9.02. The van der Waals surface area contributed by atoms with Gasteiger partial charge in [-0.2, -0.15) is 5.10 Å². The molecule has 0 fully saturated rings. The molecule has 0 bridgehead atoms. The second kappa shape index (κ2) is 6.55. The van der Waals surface area contributed by atoms with Crippen molar-refractivity contribution in [2.45, 2.75) is 25.2 Å². The highest BCUT2D eigenvalue weighted by molar-refractivity contribution is 5.87. The van der Waals surface area contributed by atoms with Crippen molar-refractivity contribution in [1.82, 2.24) is 9.78 Å². The number of hydrogen-bond acceptors (Lipinski definition) is 3. The molecule has 144 valence electrons. The number of nitrogens with zero attached hydrogens (tertiary/aromatic N) is 2. The Hall–Kier alpha value is -3.02. The molecule has 1 aliphatic rings. The van der Waals surface area contributed by atoms with E-state index in [1.165, 1.54) is 25.3 Å². The average Bonchev–Trinajstić information content (AvgIpc) is 3.18. The summed E-state index contributed by atoms with van der Waals surface area (Å²) in [6.45, 7) is 1.67. The number of esters is 1. The van der Waals surface area contributed by atoms with Crippen LogP contribution in [0.15, 0.2) is 42.5 Å². The van der Waals surface area contributed by atoms with E-state index in [1.54, 1.807) is 35.9 Å². The third-order valence-corrected chi connectivity index (χ3v) is 5.65. The first kappa shape index (κ1) is 18.3. The third-order valence-electron chi connectivity index (χ3n) is 5.65. The molecule has 0 N–H and O–H groups in total. The molecule has 1 heterocycles. The van der Waals surface area contributed by atoms with E-state index in [0.29, 0.717) is 24.0 Å². The largest absolute Gasteiger partial charge is 0.468 e. The van der Waals surface area contributed by atoms with Gasteiger partial charge in [-0.25, -0.2) is 8.78 Å². The van der Waals surface area contributed by atoms with E-state index in [0.717, 1.165) is 22.5 Å². The zero-order chi connectivity index (χ0) is 20.1. The highest BCUT2D eigenvalue weighted by Crippen LogP contribution is 2.45. The summed E-state index contributed by atoms with van der Waals surface area (Å²) in [5.41, 5.74) is 3.35. The Labute approximate surface area is 161 Å². The number of carbonyl (C=O) groups excluding carboxylic acids is 1. The van der Waals surface area contributed by atoms with Gasteiger partial charge < -0.3 is 4.74 Å². The quantitative estimate of drug-likeness (QED) is 0.646. The van der Waals surface area contributed by atoms with Gasteiger partial charge in [0, 0.05) is 24.6 Å². The summed E-state index contributed by atoms with van der Waals surface area (Å²) in [6.07, 6.45) is 0.675. The molecule has 0 saturated heterocycles. The number of ether oxygens (including phenoxy) is 1. The molecule has 3 aromatic rings. The van der Waals surface area contributed by atoms with E-state index in [4.69, 9.17) is 4.74 Å². The Balaban J connectivity index is 1.87. The predicted octanol–water partition coefficient (Wildman–Crippen LogP) is 3.88. The maximum absolute atomic E-state index is 14.3. The Morgan fingerprint density at radius 2 is 1.86 bits per heavy atom. The first-order valence-corrected chi connectivity index (χ1v) is 9.02. The Kier molecular flexibility index (Phi) is 4.29. The molecule has 0 spiro atoms. The van der Waals surface area contributed by atoms with Crippen LogP contribution >= 0.6 is 0 Å². The highest BCUT2D eigenvalue weighted by atomic mass is 19.1. The molecule has 0 saturated carbocycles. The van der Waals surface area contributed by atoms with Gasteiger partial charge >= 0.3 is 5.97 Å². The minimum Gasteiger partial charge on any atom is -0.468 e. The molecule has 1 atom stereocenters. The van der Waals surface area contributed by atoms with E-state index in [2.05, 4.69) is 5.10 Å². The standard InChI is InChI=1S/C22H20F2N2O2/c1-13-17(5-4-6-18(13)24)22(21(27)28-3)11-16-19(12-22)25-26(2)20(16)14-7-9-15(23)10-8-14/h4-10H,11-12H2,1-3H3/t22-/m1/s1. The van der Waals surface area contributed by atoms with Crippen LogP contribution in [-0.4, -0.2) is 22.9 Å². The molecular weight excluding hydrogens is 362 g/mol. The van der Waals surface area contributed by atoms with Gasteiger partial charge in [-0.05, 0) is 54.8 Å². The average molecular weight is 382 g/mol. The summed E-state index contributed by atoms with van der Waals surface area (Å²) < 4.78 is 34.5. The Morgan fingerprint density at radius 3 is 2.54 bits per heavy atom. The molecule has 4 nitrogen and oxygen atoms in total. The normalized spacial score (nSPS) is 18.2. The number of methoxy groups -OCH3 is 1. The number of fused-ring (bicyclic) bond motifs is 1. The Bertz CT molecular complexity index is 1070. The van der Waals surface area contributed by atoms with Crippen molar-refractivity contribution in [1.29, 1.82) is 0 Å². The zero-order valence-corrected chi connectivity index (χ0v) is 15.9. The summed E-state index contributed by atoms with van der Waals surface area (Å²) in [4.78, 5) is 12.9. The van der Waals surface area contributed by atoms with Gasteiger partial charge in [0.15, 0.2) is 0 Å². The van der Waals surface area contributed by atoms with Crippen LogP contribution in [0.5, 0.6) is 0 Å². The highest BCUT2D eigenvalue weighted by Gasteiger charge is 2.50. The molecule has 0 amide bonds. The van der Waals surface area contributed by atoms with Gasteiger partial charge in [-0.3, -0.25) is 9.48 Å². The van der Waals surface area contributed by atoms with E-state index < -0.39 is 11.4 Å². The van der Waals surface area contributed by atoms with Crippen LogP contribution in [0.25, 0.3) is 11.3 Å². The van der Waals surface area contributed by atoms with Gasteiger partial charge in [0.2, 0.25) is 0 Å². The van der Waals surface area contributed by atoms with Crippen molar-refractivity contribution >= 4 is 5.97 Å². The fourth-order valence-electron chi connectivity index (χ4n) is 4.34. The number of aromatic nitrogens is 2. The fraction of sp³-hybridized carbons (Fsp3) is 0.273. The van der Waals surface area contributed by atoms with Gasteiger partial charge in [0.05, 0.1) is 18.5 Å². The lowest BCUT2D eigenvalue weighted by Gasteiger charge is -2.28. The zero-order valence-electron chi connectivity index (χ0n) is 15.9. The fourth-order valence-corrected chi connectivity index (χ4v) is 4.34. The van der Waals surface area contributed by atoms with Crippen LogP contribution in [0.2, 0.25) is 0 Å². The van der Waals surface area contributed by atoms with Crippen LogP contribution in [0.3, 0.4) is 0 Å². The van der Waals surface area contributed by atoms with Crippen molar-refractivity contribution in [3.8, 4) is 11.3 Å². The lowest BCUT2D eigenvalue weighted by Crippen LogP contribution is -2.39. The van der Waals surface area contributed by atoms with Gasteiger partial charge in [-0.15, -0.1) is 0 Å². The van der Waals surface area contributed by atoms with E-state index >= 15 is 0 Å². The summed E-state index contributed by atoms with van der Waals surface area (Å²) in [6, 6.07) is 10.9. The maximum Gasteiger partial charge on any atom is 0.317 e. The minimum absolute atomic E-state index is 0.318. The van der Waals surface area contributed by atoms with Crippen molar-refractivity contribution < 1.29 is 18.3 Å². The maximum atomic E-state index is 14.3. The number of aryl methyl sites for hydroxylation is 1. The second-order valence-electron chi connectivity index (χ2n) is 7.24. The predicted molar refractivity (Wildman–Crippen MR) is 101 cm³/mol. The van der Waals surface area contributed by atoms with Crippen LogP contribution in [0.1, 0.15) is 22.4 Å². The van der Waals surface area contributed by atoms with Crippen molar-refractivity contribution in [2.24, 2.45) is 7.05 Å². The third kappa shape index (κ3) is 2.63. The molecule has 0 aliphatic heterocycles. The van der Waals surface area contributed by atoms with Gasteiger partial charge in [0.25, 0.3) is 0 Å². The number of rotatable bonds is 3. The van der Waals surface area contributed by atoms with Crippen LogP contribution in [0, 0.1) is 18.6 Å². The molecule has 2 aromatic carbocycles. The number of hydrogen-bond donors (Lipinski definition) is 0. The molecule has 1 aromatic heterocycles. The van der Waals surface area contributed by atoms with E-state index in [1.807, 2.05) is 7.05 Å². The van der Waals surface area contributed by atoms with Crippen LogP contribution in [-0.2, 0) is 34.8 Å².